The fourth-order valence-electron chi connectivity index (χ4n) is 1.86. The Kier molecular flexibility index (Phi) is 3.33. The van der Waals surface area contributed by atoms with Gasteiger partial charge in [-0.25, -0.2) is 9.97 Å². The quantitative estimate of drug-likeness (QED) is 0.778. The van der Waals surface area contributed by atoms with E-state index >= 15 is 0 Å². The van der Waals surface area contributed by atoms with Crippen LogP contribution in [0.15, 0.2) is 22.7 Å². The number of aromatic nitrogens is 2. The smallest absolute Gasteiger partial charge is 0.231 e. The summed E-state index contributed by atoms with van der Waals surface area (Å²) >= 11 is 9.51. The SMILES string of the molecule is CCc1nc(-c2ccc3c(c2)OCO3)nc(Cl)c1Br. The first-order valence-corrected chi connectivity index (χ1v) is 6.98. The van der Waals surface area contributed by atoms with Crippen LogP contribution in [0.25, 0.3) is 11.4 Å². The summed E-state index contributed by atoms with van der Waals surface area (Å²) < 4.78 is 11.4. The van der Waals surface area contributed by atoms with Crippen LogP contribution in [0.1, 0.15) is 12.6 Å². The summed E-state index contributed by atoms with van der Waals surface area (Å²) in [6, 6.07) is 5.61. The molecule has 0 spiro atoms. The van der Waals surface area contributed by atoms with E-state index in [4.69, 9.17) is 21.1 Å². The van der Waals surface area contributed by atoms with Crippen LogP contribution in [0.2, 0.25) is 5.15 Å². The fourth-order valence-corrected chi connectivity index (χ4v) is 2.51. The van der Waals surface area contributed by atoms with E-state index in [1.807, 2.05) is 25.1 Å². The third-order valence-corrected chi connectivity index (χ3v) is 4.18. The van der Waals surface area contributed by atoms with Gasteiger partial charge in [0.15, 0.2) is 17.3 Å². The van der Waals surface area contributed by atoms with Crippen LogP contribution in [-0.4, -0.2) is 16.8 Å². The predicted octanol–water partition coefficient (Wildman–Crippen LogP) is 3.85. The minimum atomic E-state index is 0.251. The Morgan fingerprint density at radius 3 is 2.84 bits per heavy atom. The van der Waals surface area contributed by atoms with Gasteiger partial charge >= 0.3 is 0 Å². The number of hydrogen-bond acceptors (Lipinski definition) is 4. The van der Waals surface area contributed by atoms with E-state index in [-0.39, 0.29) is 6.79 Å². The van der Waals surface area contributed by atoms with Gasteiger partial charge in [0.1, 0.15) is 5.15 Å². The van der Waals surface area contributed by atoms with Crippen LogP contribution < -0.4 is 9.47 Å². The number of aryl methyl sites for hydroxylation is 1. The summed E-state index contributed by atoms with van der Waals surface area (Å²) in [7, 11) is 0. The zero-order chi connectivity index (χ0) is 13.4. The molecule has 0 N–H and O–H groups in total. The van der Waals surface area contributed by atoms with Gasteiger partial charge in [-0.1, -0.05) is 18.5 Å². The average molecular weight is 342 g/mol. The number of nitrogens with zero attached hydrogens (tertiary/aromatic N) is 2. The molecule has 0 amide bonds. The largest absolute Gasteiger partial charge is 0.454 e. The Bertz CT molecular complexity index is 649. The van der Waals surface area contributed by atoms with Crippen molar-refractivity contribution in [1.29, 1.82) is 0 Å². The number of rotatable bonds is 2. The topological polar surface area (TPSA) is 44.2 Å². The Morgan fingerprint density at radius 1 is 1.26 bits per heavy atom. The summed E-state index contributed by atoms with van der Waals surface area (Å²) in [5.74, 6) is 2.03. The van der Waals surface area contributed by atoms with E-state index in [9.17, 15) is 0 Å². The highest BCUT2D eigenvalue weighted by atomic mass is 79.9. The molecule has 0 atom stereocenters. The second-order valence-corrected chi connectivity index (χ2v) is 5.17. The maximum absolute atomic E-state index is 6.11. The Balaban J connectivity index is 2.09. The van der Waals surface area contributed by atoms with Crippen LogP contribution in [-0.2, 0) is 6.42 Å². The monoisotopic (exact) mass is 340 g/mol. The first-order chi connectivity index (χ1) is 9.19. The second-order valence-electron chi connectivity index (χ2n) is 4.02. The maximum atomic E-state index is 6.11. The zero-order valence-corrected chi connectivity index (χ0v) is 12.5. The third kappa shape index (κ3) is 2.28. The molecule has 2 heterocycles. The van der Waals surface area contributed by atoms with Crippen LogP contribution in [0.4, 0.5) is 0 Å². The molecule has 4 nitrogen and oxygen atoms in total. The number of halogens is 2. The van der Waals surface area contributed by atoms with Gasteiger partial charge in [0.25, 0.3) is 0 Å². The average Bonchev–Trinajstić information content (AvgIpc) is 2.89. The van der Waals surface area contributed by atoms with Crippen molar-refractivity contribution in [3.8, 4) is 22.9 Å². The van der Waals surface area contributed by atoms with Crippen LogP contribution in [0.3, 0.4) is 0 Å². The molecule has 0 fully saturated rings. The van der Waals surface area contributed by atoms with E-state index in [2.05, 4.69) is 25.9 Å². The molecule has 1 aromatic heterocycles. The number of benzene rings is 1. The van der Waals surface area contributed by atoms with Gasteiger partial charge in [-0.2, -0.15) is 0 Å². The van der Waals surface area contributed by atoms with E-state index in [0.717, 1.165) is 27.9 Å². The second kappa shape index (κ2) is 4.98. The molecule has 98 valence electrons. The number of ether oxygens (including phenoxy) is 2. The predicted molar refractivity (Wildman–Crippen MR) is 75.7 cm³/mol. The zero-order valence-electron chi connectivity index (χ0n) is 10.1. The molecule has 19 heavy (non-hydrogen) atoms. The molecule has 1 aromatic carbocycles. The van der Waals surface area contributed by atoms with Crippen molar-refractivity contribution >= 4 is 27.5 Å². The van der Waals surface area contributed by atoms with Gasteiger partial charge in [-0.05, 0) is 40.5 Å². The molecule has 1 aliphatic rings. The lowest BCUT2D eigenvalue weighted by molar-refractivity contribution is 0.174. The van der Waals surface area contributed by atoms with Gasteiger partial charge < -0.3 is 9.47 Å². The van der Waals surface area contributed by atoms with E-state index in [1.165, 1.54) is 0 Å². The molecule has 3 rings (SSSR count). The summed E-state index contributed by atoms with van der Waals surface area (Å²) in [5.41, 5.74) is 1.74. The lowest BCUT2D eigenvalue weighted by Crippen LogP contribution is -1.97. The molecule has 0 saturated heterocycles. The number of hydrogen-bond donors (Lipinski definition) is 0. The highest BCUT2D eigenvalue weighted by Gasteiger charge is 2.16. The van der Waals surface area contributed by atoms with E-state index in [1.54, 1.807) is 0 Å². The summed E-state index contributed by atoms with van der Waals surface area (Å²) in [6.07, 6.45) is 0.778. The molecular weight excluding hydrogens is 332 g/mol. The van der Waals surface area contributed by atoms with Crippen molar-refractivity contribution in [2.24, 2.45) is 0 Å². The van der Waals surface area contributed by atoms with Gasteiger partial charge in [-0.15, -0.1) is 0 Å². The summed E-state index contributed by atoms with van der Waals surface area (Å²) in [4.78, 5) is 8.80. The molecular formula is C13H10BrClN2O2. The molecule has 1 aliphatic heterocycles. The van der Waals surface area contributed by atoms with Crippen LogP contribution in [0.5, 0.6) is 11.5 Å². The molecule has 0 aliphatic carbocycles. The van der Waals surface area contributed by atoms with Crippen molar-refractivity contribution in [2.75, 3.05) is 6.79 Å². The molecule has 0 bridgehead atoms. The standard InChI is InChI=1S/C13H10BrClN2O2/c1-2-8-11(14)12(15)17-13(16-8)7-3-4-9-10(5-7)19-6-18-9/h3-5H,2,6H2,1H3. The minimum absolute atomic E-state index is 0.251. The number of fused-ring (bicyclic) bond motifs is 1. The van der Waals surface area contributed by atoms with Crippen molar-refractivity contribution in [2.45, 2.75) is 13.3 Å². The van der Waals surface area contributed by atoms with Crippen molar-refractivity contribution in [3.05, 3.63) is 33.5 Å². The molecule has 0 unspecified atom stereocenters. The molecule has 6 heteroatoms. The van der Waals surface area contributed by atoms with Gasteiger partial charge in [0, 0.05) is 5.56 Å². The van der Waals surface area contributed by atoms with Crippen LogP contribution in [0, 0.1) is 0 Å². The molecule has 0 saturated carbocycles. The van der Waals surface area contributed by atoms with Gasteiger partial charge in [-0.3, -0.25) is 0 Å². The van der Waals surface area contributed by atoms with E-state index < -0.39 is 0 Å². The van der Waals surface area contributed by atoms with E-state index in [0.29, 0.717) is 16.7 Å². The highest BCUT2D eigenvalue weighted by Crippen LogP contribution is 2.36. The van der Waals surface area contributed by atoms with Crippen molar-refractivity contribution in [3.63, 3.8) is 0 Å². The molecule has 0 radical (unpaired) electrons. The highest BCUT2D eigenvalue weighted by molar-refractivity contribution is 9.10. The maximum Gasteiger partial charge on any atom is 0.231 e. The lowest BCUT2D eigenvalue weighted by Gasteiger charge is -2.07. The minimum Gasteiger partial charge on any atom is -0.454 e. The first kappa shape index (κ1) is 12.7. The van der Waals surface area contributed by atoms with Crippen LogP contribution >= 0.6 is 27.5 Å². The summed E-state index contributed by atoms with van der Waals surface area (Å²) in [6.45, 7) is 2.27. The fraction of sp³-hybridized carbons (Fsp3) is 0.231. The van der Waals surface area contributed by atoms with Gasteiger partial charge in [0.2, 0.25) is 6.79 Å². The Hall–Kier alpha value is -1.33. The normalized spacial score (nSPS) is 12.8. The third-order valence-electron chi connectivity index (χ3n) is 2.85. The summed E-state index contributed by atoms with van der Waals surface area (Å²) in [5, 5.41) is 0.416. The first-order valence-electron chi connectivity index (χ1n) is 5.81. The Labute approximate surface area is 123 Å². The Morgan fingerprint density at radius 2 is 2.05 bits per heavy atom. The molecule has 2 aromatic rings. The van der Waals surface area contributed by atoms with Gasteiger partial charge in [0.05, 0.1) is 10.2 Å². The van der Waals surface area contributed by atoms with Crippen molar-refractivity contribution < 1.29 is 9.47 Å². The van der Waals surface area contributed by atoms with Crippen molar-refractivity contribution in [1.82, 2.24) is 9.97 Å². The lowest BCUT2D eigenvalue weighted by atomic mass is 10.2.